The normalized spacial score (nSPS) is 11.1. The lowest BCUT2D eigenvalue weighted by atomic mass is 10.0. The molecule has 16 aromatic rings. The SMILES string of the molecule is CN(c1ccc(-c2ccc(N(c3ccc4ccccc4c3)c3ccc4ccccc4c3)cc2)cc1)c1cccc(-c2ccccc2)c1.CN(c1ccc(-c2ccccc2)cc1)c1ccc(-c2ccc(N(c3ccc4ccccc4c3)c3ccc4ccccc4c3)cc2)cc1. The van der Waals surface area contributed by atoms with Crippen molar-refractivity contribution in [1.29, 1.82) is 0 Å². The quantitative estimate of drug-likeness (QED) is 0.108. The third-order valence-corrected chi connectivity index (χ3v) is 18.1. The Morgan fingerprint density at radius 2 is 0.362 bits per heavy atom. The number of rotatable bonds is 14. The molecule has 4 nitrogen and oxygen atoms in total. The van der Waals surface area contributed by atoms with Gasteiger partial charge in [0.1, 0.15) is 0 Å². The van der Waals surface area contributed by atoms with Gasteiger partial charge in [0, 0.05) is 71.0 Å². The van der Waals surface area contributed by atoms with E-state index in [2.05, 4.69) is 410 Å². The first-order valence-corrected chi connectivity index (χ1v) is 32.1. The number of nitrogens with zero attached hydrogens (tertiary/aromatic N) is 4. The number of anilines is 10. The van der Waals surface area contributed by atoms with Crippen LogP contribution in [0.1, 0.15) is 0 Å². The number of hydrogen-bond acceptors (Lipinski definition) is 4. The Kier molecular flexibility index (Phi) is 16.3. The Morgan fingerprint density at radius 1 is 0.138 bits per heavy atom. The summed E-state index contributed by atoms with van der Waals surface area (Å²) in [6, 6.07) is 135. The second-order valence-electron chi connectivity index (χ2n) is 23.9. The van der Waals surface area contributed by atoms with E-state index in [0.717, 1.165) is 56.9 Å². The summed E-state index contributed by atoms with van der Waals surface area (Å²) in [7, 11) is 4.25. The first-order chi connectivity index (χ1) is 46.4. The van der Waals surface area contributed by atoms with E-state index in [-0.39, 0.29) is 0 Å². The summed E-state index contributed by atoms with van der Waals surface area (Å²) in [5.74, 6) is 0. The maximum Gasteiger partial charge on any atom is 0.0468 e. The molecule has 4 heteroatoms. The van der Waals surface area contributed by atoms with Crippen molar-refractivity contribution in [2.24, 2.45) is 0 Å². The van der Waals surface area contributed by atoms with Gasteiger partial charge in [0.15, 0.2) is 0 Å². The van der Waals surface area contributed by atoms with E-state index in [0.29, 0.717) is 0 Å². The minimum absolute atomic E-state index is 1.12. The van der Waals surface area contributed by atoms with Crippen molar-refractivity contribution >= 4 is 100.0 Å². The van der Waals surface area contributed by atoms with Crippen LogP contribution in [0.25, 0.3) is 87.6 Å². The minimum Gasteiger partial charge on any atom is -0.345 e. The van der Waals surface area contributed by atoms with Gasteiger partial charge in [-0.3, -0.25) is 0 Å². The van der Waals surface area contributed by atoms with E-state index in [1.807, 2.05) is 0 Å². The van der Waals surface area contributed by atoms with Crippen molar-refractivity contribution in [3.05, 3.63) is 376 Å². The van der Waals surface area contributed by atoms with Crippen molar-refractivity contribution in [1.82, 2.24) is 0 Å². The molecule has 94 heavy (non-hydrogen) atoms. The average molecular weight is 1210 g/mol. The highest BCUT2D eigenvalue weighted by atomic mass is 15.1. The molecule has 0 spiro atoms. The van der Waals surface area contributed by atoms with Crippen LogP contribution in [-0.2, 0) is 0 Å². The van der Waals surface area contributed by atoms with Gasteiger partial charge in [0.25, 0.3) is 0 Å². The van der Waals surface area contributed by atoms with Gasteiger partial charge in [0.2, 0.25) is 0 Å². The van der Waals surface area contributed by atoms with Crippen LogP contribution in [0.4, 0.5) is 56.9 Å². The molecule has 0 radical (unpaired) electrons. The molecule has 0 aliphatic rings. The van der Waals surface area contributed by atoms with Crippen LogP contribution < -0.4 is 19.6 Å². The zero-order valence-corrected chi connectivity index (χ0v) is 52.6. The standard InChI is InChI=1S/2C45H34N2/c1-46(43-17-9-16-40(30-43)33-10-3-2-4-11-33)41-24-18-36(19-25-41)37-20-26-42(27-21-37)47(44-28-22-34-12-5-7-14-38(34)31-44)45-29-23-35-13-6-8-15-39(35)32-45;1-46(41-23-15-36(16-24-41)33-9-3-2-4-10-33)42-25-17-37(18-26-42)38-19-27-43(28-20-38)47(44-29-21-34-11-5-7-13-39(34)31-44)45-30-22-35-12-6-8-14-40(35)32-45/h2*2-32H,1H3. The smallest absolute Gasteiger partial charge is 0.0468 e. The number of hydrogen-bond donors (Lipinski definition) is 0. The van der Waals surface area contributed by atoms with Gasteiger partial charge in [-0.15, -0.1) is 0 Å². The minimum atomic E-state index is 1.12. The van der Waals surface area contributed by atoms with Gasteiger partial charge < -0.3 is 19.6 Å². The Hall–Kier alpha value is -12.2. The van der Waals surface area contributed by atoms with Gasteiger partial charge in [-0.1, -0.05) is 255 Å². The van der Waals surface area contributed by atoms with Crippen molar-refractivity contribution < 1.29 is 0 Å². The Bertz CT molecular complexity index is 5100. The summed E-state index contributed by atoms with van der Waals surface area (Å²) in [4.78, 5) is 9.17. The van der Waals surface area contributed by atoms with E-state index in [1.165, 1.54) is 87.6 Å². The molecule has 0 fully saturated rings. The van der Waals surface area contributed by atoms with Crippen LogP contribution in [0.2, 0.25) is 0 Å². The fraction of sp³-hybridized carbons (Fsp3) is 0.0222. The van der Waals surface area contributed by atoms with Crippen LogP contribution in [0.15, 0.2) is 376 Å². The third kappa shape index (κ3) is 12.4. The van der Waals surface area contributed by atoms with Crippen LogP contribution in [0, 0.1) is 0 Å². The largest absolute Gasteiger partial charge is 0.345 e. The summed E-state index contributed by atoms with van der Waals surface area (Å²) in [6.45, 7) is 0. The molecule has 0 saturated heterocycles. The third-order valence-electron chi connectivity index (χ3n) is 18.1. The molecule has 0 saturated carbocycles. The number of fused-ring (bicyclic) bond motifs is 4. The van der Waals surface area contributed by atoms with E-state index >= 15 is 0 Å². The van der Waals surface area contributed by atoms with E-state index in [9.17, 15) is 0 Å². The first kappa shape index (κ1) is 58.2. The Morgan fingerprint density at radius 3 is 0.670 bits per heavy atom. The molecular formula is C90H68N4. The first-order valence-electron chi connectivity index (χ1n) is 32.1. The lowest BCUT2D eigenvalue weighted by Gasteiger charge is -2.26. The molecule has 0 aliphatic carbocycles. The number of benzene rings is 16. The highest BCUT2D eigenvalue weighted by Gasteiger charge is 2.18. The van der Waals surface area contributed by atoms with Crippen molar-refractivity contribution in [3.8, 4) is 44.5 Å². The molecule has 0 atom stereocenters. The van der Waals surface area contributed by atoms with E-state index in [4.69, 9.17) is 0 Å². The van der Waals surface area contributed by atoms with Crippen LogP contribution in [0.5, 0.6) is 0 Å². The molecule has 0 bridgehead atoms. The van der Waals surface area contributed by atoms with Gasteiger partial charge in [-0.05, 0) is 209 Å². The molecule has 0 aliphatic heterocycles. The van der Waals surface area contributed by atoms with Crippen molar-refractivity contribution in [3.63, 3.8) is 0 Å². The average Bonchev–Trinajstić information content (AvgIpc) is 0.811. The molecule has 0 unspecified atom stereocenters. The van der Waals surface area contributed by atoms with Crippen LogP contribution >= 0.6 is 0 Å². The van der Waals surface area contributed by atoms with E-state index < -0.39 is 0 Å². The lowest BCUT2D eigenvalue weighted by Crippen LogP contribution is -2.10. The summed E-state index contributed by atoms with van der Waals surface area (Å²) in [5.41, 5.74) is 21.0. The van der Waals surface area contributed by atoms with Crippen LogP contribution in [-0.4, -0.2) is 14.1 Å². The zero-order valence-electron chi connectivity index (χ0n) is 52.6. The molecule has 16 rings (SSSR count). The second kappa shape index (κ2) is 26.3. The molecule has 448 valence electrons. The molecule has 16 aromatic carbocycles. The maximum absolute atomic E-state index is 2.35. The van der Waals surface area contributed by atoms with E-state index in [1.54, 1.807) is 0 Å². The van der Waals surface area contributed by atoms with Crippen LogP contribution in [0.3, 0.4) is 0 Å². The predicted molar refractivity (Wildman–Crippen MR) is 403 cm³/mol. The molecular weight excluding hydrogens is 1140 g/mol. The summed E-state index contributed by atoms with van der Waals surface area (Å²) in [5, 5.41) is 9.86. The zero-order chi connectivity index (χ0) is 63.2. The monoisotopic (exact) mass is 1200 g/mol. The summed E-state index contributed by atoms with van der Waals surface area (Å²) in [6.07, 6.45) is 0. The van der Waals surface area contributed by atoms with Crippen molar-refractivity contribution in [2.45, 2.75) is 0 Å². The summed E-state index contributed by atoms with van der Waals surface area (Å²) >= 11 is 0. The predicted octanol–water partition coefficient (Wildman–Crippen LogP) is 25.1. The fourth-order valence-corrected chi connectivity index (χ4v) is 12.8. The van der Waals surface area contributed by atoms with Gasteiger partial charge in [-0.2, -0.15) is 0 Å². The second-order valence-corrected chi connectivity index (χ2v) is 23.9. The summed E-state index contributed by atoms with van der Waals surface area (Å²) < 4.78 is 0. The Balaban J connectivity index is 0.000000155. The fourth-order valence-electron chi connectivity index (χ4n) is 12.8. The molecule has 0 amide bonds. The van der Waals surface area contributed by atoms with Gasteiger partial charge in [-0.25, -0.2) is 0 Å². The maximum atomic E-state index is 2.35. The molecule has 0 heterocycles. The highest BCUT2D eigenvalue weighted by Crippen LogP contribution is 2.42. The highest BCUT2D eigenvalue weighted by molar-refractivity contribution is 5.95. The Labute approximate surface area is 551 Å². The molecule has 0 aromatic heterocycles. The van der Waals surface area contributed by atoms with Gasteiger partial charge >= 0.3 is 0 Å². The molecule has 0 N–H and O–H groups in total. The lowest BCUT2D eigenvalue weighted by molar-refractivity contribution is 1.21. The van der Waals surface area contributed by atoms with Gasteiger partial charge in [0.05, 0.1) is 0 Å². The van der Waals surface area contributed by atoms with Crippen molar-refractivity contribution in [2.75, 3.05) is 33.7 Å². The topological polar surface area (TPSA) is 13.0 Å².